The highest BCUT2D eigenvalue weighted by atomic mass is 32.2. The van der Waals surface area contributed by atoms with E-state index in [9.17, 15) is 13.2 Å². The lowest BCUT2D eigenvalue weighted by Gasteiger charge is -2.34. The zero-order valence-corrected chi connectivity index (χ0v) is 27.2. The highest BCUT2D eigenvalue weighted by Crippen LogP contribution is 2.38. The van der Waals surface area contributed by atoms with Gasteiger partial charge in [-0.1, -0.05) is 38.2 Å². The summed E-state index contributed by atoms with van der Waals surface area (Å²) in [5.74, 6) is 0.516. The second kappa shape index (κ2) is 13.3. The molecule has 1 amide bonds. The zero-order valence-electron chi connectivity index (χ0n) is 25.6. The van der Waals surface area contributed by atoms with Gasteiger partial charge in [0.2, 0.25) is 0 Å². The van der Waals surface area contributed by atoms with Crippen LogP contribution < -0.4 is 10.0 Å². The molecule has 3 heterocycles. The van der Waals surface area contributed by atoms with Gasteiger partial charge in [-0.3, -0.25) is 9.52 Å². The summed E-state index contributed by atoms with van der Waals surface area (Å²) in [6.07, 6.45) is 5.24. The summed E-state index contributed by atoms with van der Waals surface area (Å²) < 4.78 is 33.1. The van der Waals surface area contributed by atoms with Crippen molar-refractivity contribution < 1.29 is 17.9 Å². The molecule has 2 N–H and O–H groups in total. The summed E-state index contributed by atoms with van der Waals surface area (Å²) in [7, 11) is 2.87. The molecule has 3 aromatic rings. The molecule has 1 aliphatic carbocycles. The number of methoxy groups -OCH3 is 1. The first-order valence-electron chi connectivity index (χ1n) is 14.2. The molecule has 42 heavy (non-hydrogen) atoms. The number of pyridine rings is 2. The average molecular weight is 618 g/mol. The molecule has 11 nitrogen and oxygen atoms in total. The lowest BCUT2D eigenvalue weighted by Crippen LogP contribution is -2.32. The minimum atomic E-state index is -3.68. The van der Waals surface area contributed by atoms with Crippen LogP contribution in [0.25, 0.3) is 10.3 Å². The van der Waals surface area contributed by atoms with E-state index in [1.165, 1.54) is 31.0 Å². The number of aryl methyl sites for hydroxylation is 1. The van der Waals surface area contributed by atoms with Crippen molar-refractivity contribution in [1.82, 2.24) is 29.5 Å². The van der Waals surface area contributed by atoms with Crippen molar-refractivity contribution in [3.63, 3.8) is 0 Å². The Hall–Kier alpha value is -2.71. The van der Waals surface area contributed by atoms with Gasteiger partial charge in [0, 0.05) is 46.2 Å². The van der Waals surface area contributed by atoms with Gasteiger partial charge in [-0.25, -0.2) is 15.0 Å². The Morgan fingerprint density at radius 3 is 2.60 bits per heavy atom. The summed E-state index contributed by atoms with van der Waals surface area (Å²) in [5.41, 5.74) is 4.11. The van der Waals surface area contributed by atoms with Gasteiger partial charge < -0.3 is 15.0 Å². The molecule has 13 heteroatoms. The average Bonchev–Trinajstić information content (AvgIpc) is 3.35. The minimum Gasteiger partial charge on any atom is -0.383 e. The molecule has 2 atom stereocenters. The van der Waals surface area contributed by atoms with Gasteiger partial charge >= 0.3 is 10.2 Å². The Bertz CT molecular complexity index is 1480. The summed E-state index contributed by atoms with van der Waals surface area (Å²) in [5, 5.41) is 3.51. The van der Waals surface area contributed by atoms with Gasteiger partial charge in [-0.2, -0.15) is 12.7 Å². The van der Waals surface area contributed by atoms with Crippen LogP contribution in [0.3, 0.4) is 0 Å². The number of nitrogens with one attached hydrogen (secondary N) is 2. The van der Waals surface area contributed by atoms with Gasteiger partial charge in [0.1, 0.15) is 16.2 Å². The van der Waals surface area contributed by atoms with E-state index in [-0.39, 0.29) is 23.2 Å². The number of hydrogen-bond donors (Lipinski definition) is 2. The molecule has 4 rings (SSSR count). The zero-order chi connectivity index (χ0) is 30.7. The van der Waals surface area contributed by atoms with E-state index in [1.54, 1.807) is 25.4 Å². The molecule has 0 fully saturated rings. The van der Waals surface area contributed by atoms with Crippen molar-refractivity contribution >= 4 is 43.6 Å². The second-order valence-corrected chi connectivity index (χ2v) is 15.1. The highest BCUT2D eigenvalue weighted by molar-refractivity contribution is 7.90. The number of aromatic nitrogens is 3. The second-order valence-electron chi connectivity index (χ2n) is 12.2. The van der Waals surface area contributed by atoms with Crippen LogP contribution >= 0.6 is 11.3 Å². The maximum Gasteiger partial charge on any atom is 0.302 e. The van der Waals surface area contributed by atoms with Crippen molar-refractivity contribution in [2.75, 3.05) is 52.7 Å². The molecule has 0 unspecified atom stereocenters. The van der Waals surface area contributed by atoms with Crippen molar-refractivity contribution in [2.45, 2.75) is 52.5 Å². The van der Waals surface area contributed by atoms with Crippen LogP contribution in [0, 0.1) is 11.3 Å². The van der Waals surface area contributed by atoms with Gasteiger partial charge in [-0.15, -0.1) is 0 Å². The quantitative estimate of drug-likeness (QED) is 0.313. The Labute approximate surface area is 253 Å². The molecule has 0 aliphatic heterocycles. The van der Waals surface area contributed by atoms with E-state index in [4.69, 9.17) is 9.72 Å². The number of hydrogen-bond acceptors (Lipinski definition) is 9. The smallest absolute Gasteiger partial charge is 0.302 e. The molecule has 0 bridgehead atoms. The normalized spacial score (nSPS) is 16.5. The van der Waals surface area contributed by atoms with Crippen LogP contribution in [0.5, 0.6) is 0 Å². The van der Waals surface area contributed by atoms with Gasteiger partial charge in [0.05, 0.1) is 12.6 Å². The number of ether oxygens (including phenoxy) is 1. The molecule has 0 saturated carbocycles. The molecule has 0 aromatic carbocycles. The lowest BCUT2D eigenvalue weighted by atomic mass is 9.71. The predicted octanol–water partition coefficient (Wildman–Crippen LogP) is 3.90. The summed E-state index contributed by atoms with van der Waals surface area (Å²) in [6, 6.07) is 5.12. The number of carbonyl (C=O) groups is 1. The molecular weight excluding hydrogens is 574 g/mol. The standard InChI is InChI=1S/C29H43N7O4S2/c1-29(2,3)21-9-10-22-20(16-21)17-24-27(32-22)41-28(33-24)26(37)31-23(12-13-36(6)14-15-40-7)19-8-11-25(30-18-19)34-42(38,39)35(4)5/h8,11,17-18,21,23H,9-10,12-16H2,1-7H3,(H,30,34)(H,31,37)/t21-,23+/m0/s1. The van der Waals surface area contributed by atoms with Crippen LogP contribution in [0.2, 0.25) is 0 Å². The molecule has 230 valence electrons. The van der Waals surface area contributed by atoms with Gasteiger partial charge in [0.15, 0.2) is 5.01 Å². The van der Waals surface area contributed by atoms with Crippen LogP contribution in [-0.4, -0.2) is 86.4 Å². The van der Waals surface area contributed by atoms with E-state index >= 15 is 0 Å². The number of rotatable bonds is 12. The Morgan fingerprint density at radius 2 is 1.95 bits per heavy atom. The van der Waals surface area contributed by atoms with Crippen LogP contribution in [0.15, 0.2) is 24.4 Å². The summed E-state index contributed by atoms with van der Waals surface area (Å²) >= 11 is 1.31. The fraction of sp³-hybridized carbons (Fsp3) is 0.586. The molecular formula is C29H43N7O4S2. The van der Waals surface area contributed by atoms with Crippen molar-refractivity contribution in [1.29, 1.82) is 0 Å². The summed E-state index contributed by atoms with van der Waals surface area (Å²) in [6.45, 7) is 8.93. The Balaban J connectivity index is 1.54. The number of carbonyl (C=O) groups excluding carboxylic acids is 1. The number of thiazole rings is 1. The van der Waals surface area contributed by atoms with Crippen molar-refractivity contribution in [3.8, 4) is 0 Å². The van der Waals surface area contributed by atoms with E-state index in [1.807, 2.05) is 7.05 Å². The fourth-order valence-electron chi connectivity index (χ4n) is 4.99. The van der Waals surface area contributed by atoms with Gasteiger partial charge in [-0.05, 0) is 67.3 Å². The third-order valence-corrected chi connectivity index (χ3v) is 10.2. The van der Waals surface area contributed by atoms with E-state index in [0.717, 1.165) is 51.7 Å². The summed E-state index contributed by atoms with van der Waals surface area (Å²) in [4.78, 5) is 30.3. The molecule has 0 radical (unpaired) electrons. The number of amides is 1. The Morgan fingerprint density at radius 1 is 1.19 bits per heavy atom. The topological polar surface area (TPSA) is 130 Å². The number of nitrogens with zero attached hydrogens (tertiary/aromatic N) is 5. The molecule has 0 saturated heterocycles. The largest absolute Gasteiger partial charge is 0.383 e. The SMILES string of the molecule is COCCN(C)CC[C@@H](NC(=O)c1nc2cc3c(nc2s1)CC[C@H](C(C)(C)C)C3)c1ccc(NS(=O)(=O)N(C)C)nc1. The predicted molar refractivity (Wildman–Crippen MR) is 167 cm³/mol. The third kappa shape index (κ3) is 8.01. The fourth-order valence-corrected chi connectivity index (χ4v) is 6.41. The first-order valence-corrected chi connectivity index (χ1v) is 16.5. The number of anilines is 1. The lowest BCUT2D eigenvalue weighted by molar-refractivity contribution is 0.0930. The van der Waals surface area contributed by atoms with Crippen molar-refractivity contribution in [3.05, 3.63) is 46.2 Å². The Kier molecular flexibility index (Phi) is 10.2. The number of fused-ring (bicyclic) bond motifs is 2. The van der Waals surface area contributed by atoms with E-state index in [2.05, 4.69) is 51.7 Å². The van der Waals surface area contributed by atoms with E-state index < -0.39 is 10.2 Å². The first kappa shape index (κ1) is 32.2. The van der Waals surface area contributed by atoms with E-state index in [0.29, 0.717) is 30.5 Å². The third-order valence-electron chi connectivity index (χ3n) is 7.85. The van der Waals surface area contributed by atoms with Gasteiger partial charge in [0.25, 0.3) is 5.91 Å². The molecule has 1 aliphatic rings. The number of likely N-dealkylation sites (N-methyl/N-ethyl adjacent to an activating group) is 1. The monoisotopic (exact) mass is 617 g/mol. The maximum absolute atomic E-state index is 13.5. The molecule has 3 aromatic heterocycles. The van der Waals surface area contributed by atoms with Crippen molar-refractivity contribution in [2.24, 2.45) is 11.3 Å². The maximum atomic E-state index is 13.5. The molecule has 0 spiro atoms. The van der Waals surface area contributed by atoms with Crippen LogP contribution in [0.1, 0.15) is 66.3 Å². The highest BCUT2D eigenvalue weighted by Gasteiger charge is 2.30. The van der Waals surface area contributed by atoms with Crippen LogP contribution in [0.4, 0.5) is 5.82 Å². The van der Waals surface area contributed by atoms with Crippen LogP contribution in [-0.2, 0) is 27.8 Å². The first-order chi connectivity index (χ1) is 19.8. The minimum absolute atomic E-state index is 0.199.